The first-order chi connectivity index (χ1) is 6.42. The van der Waals surface area contributed by atoms with Gasteiger partial charge in [0.05, 0.1) is 24.6 Å². The lowest BCUT2D eigenvalue weighted by molar-refractivity contribution is 0.253. The maximum Gasteiger partial charge on any atom is 0.397 e. The van der Waals surface area contributed by atoms with Crippen molar-refractivity contribution < 1.29 is 30.1 Å². The van der Waals surface area contributed by atoms with Crippen molar-refractivity contribution in [1.29, 1.82) is 0 Å². The summed E-state index contributed by atoms with van der Waals surface area (Å²) < 4.78 is 56.2. The molecule has 0 bridgehead atoms. The molecule has 7 nitrogen and oxygen atoms in total. The van der Waals surface area contributed by atoms with E-state index in [1.54, 1.807) is 0 Å². The first kappa shape index (κ1) is 13.9. The van der Waals surface area contributed by atoms with Crippen LogP contribution >= 0.6 is 0 Å². The zero-order chi connectivity index (χ0) is 11.0. The van der Waals surface area contributed by atoms with Crippen molar-refractivity contribution in [3.05, 3.63) is 0 Å². The topological polar surface area (TPSA) is 113 Å². The quantitative estimate of drug-likeness (QED) is 0.358. The molecule has 0 aromatic heterocycles. The van der Waals surface area contributed by atoms with Crippen LogP contribution in [0, 0.1) is 0 Å². The predicted molar refractivity (Wildman–Crippen MR) is 46.2 cm³/mol. The van der Waals surface area contributed by atoms with E-state index in [4.69, 9.17) is 4.55 Å². The summed E-state index contributed by atoms with van der Waals surface area (Å²) in [4.78, 5) is 0. The molecule has 0 spiro atoms. The van der Waals surface area contributed by atoms with Crippen LogP contribution in [0.4, 0.5) is 0 Å². The van der Waals surface area contributed by atoms with Crippen LogP contribution < -0.4 is 0 Å². The molecule has 0 aromatic carbocycles. The normalized spacial score (nSPS) is 14.1. The highest BCUT2D eigenvalue weighted by molar-refractivity contribution is 7.80. The van der Waals surface area contributed by atoms with Crippen LogP contribution in [0.2, 0.25) is 0 Å². The van der Waals surface area contributed by atoms with Crippen molar-refractivity contribution in [3.8, 4) is 0 Å². The van der Waals surface area contributed by atoms with Gasteiger partial charge in [-0.25, -0.2) is 8.39 Å². The summed E-state index contributed by atoms with van der Waals surface area (Å²) in [5.74, 6) is 0. The molecular formula is C5H11O7S2-. The van der Waals surface area contributed by atoms with Crippen molar-refractivity contribution in [2.75, 3.05) is 13.2 Å². The summed E-state index contributed by atoms with van der Waals surface area (Å²) in [7, 11) is -4.36. The Morgan fingerprint density at radius 2 is 1.79 bits per heavy atom. The Labute approximate surface area is 84.9 Å². The summed E-state index contributed by atoms with van der Waals surface area (Å²) >= 11 is -2.50. The first-order valence-electron chi connectivity index (χ1n) is 3.76. The van der Waals surface area contributed by atoms with E-state index in [0.29, 0.717) is 19.3 Å². The van der Waals surface area contributed by atoms with Gasteiger partial charge in [0.25, 0.3) is 0 Å². The van der Waals surface area contributed by atoms with Crippen molar-refractivity contribution in [2.45, 2.75) is 19.3 Å². The second kappa shape index (κ2) is 7.26. The molecule has 0 aliphatic carbocycles. The summed E-state index contributed by atoms with van der Waals surface area (Å²) in [5, 5.41) is 0. The van der Waals surface area contributed by atoms with Crippen LogP contribution in [-0.2, 0) is 30.1 Å². The second-order valence-electron chi connectivity index (χ2n) is 2.34. The lowest BCUT2D eigenvalue weighted by Gasteiger charge is -2.04. The van der Waals surface area contributed by atoms with Crippen LogP contribution in [0.3, 0.4) is 0 Å². The van der Waals surface area contributed by atoms with E-state index >= 15 is 0 Å². The van der Waals surface area contributed by atoms with E-state index in [1.165, 1.54) is 0 Å². The van der Waals surface area contributed by atoms with Crippen molar-refractivity contribution in [3.63, 3.8) is 0 Å². The third-order valence-electron chi connectivity index (χ3n) is 1.20. The lowest BCUT2D eigenvalue weighted by atomic mass is 10.2. The molecule has 1 unspecified atom stereocenters. The molecule has 0 heterocycles. The van der Waals surface area contributed by atoms with Gasteiger partial charge in [0.2, 0.25) is 0 Å². The lowest BCUT2D eigenvalue weighted by Crippen LogP contribution is -2.05. The minimum Gasteiger partial charge on any atom is -0.750 e. The van der Waals surface area contributed by atoms with Gasteiger partial charge in [0.1, 0.15) is 0 Å². The van der Waals surface area contributed by atoms with Crippen LogP contribution in [0.15, 0.2) is 0 Å². The molecule has 0 saturated carbocycles. The van der Waals surface area contributed by atoms with Gasteiger partial charge in [-0.15, -0.1) is 0 Å². The maximum absolute atomic E-state index is 10.0. The standard InChI is InChI=1S/C5H12O7S2/c6-13(7)11-4-2-1-3-5-12-14(8,9)10/h1-5H2,(H,6,7)(H,8,9,10)/p-1. The van der Waals surface area contributed by atoms with E-state index < -0.39 is 21.8 Å². The summed E-state index contributed by atoms with van der Waals surface area (Å²) in [6, 6.07) is 0. The van der Waals surface area contributed by atoms with E-state index in [-0.39, 0.29) is 13.2 Å². The molecule has 0 radical (unpaired) electrons. The molecule has 86 valence electrons. The van der Waals surface area contributed by atoms with Crippen LogP contribution in [0.25, 0.3) is 0 Å². The van der Waals surface area contributed by atoms with Crippen molar-refractivity contribution in [2.24, 2.45) is 0 Å². The van der Waals surface area contributed by atoms with Crippen molar-refractivity contribution >= 4 is 21.8 Å². The molecule has 1 atom stereocenters. The van der Waals surface area contributed by atoms with Gasteiger partial charge in [0.15, 0.2) is 0 Å². The number of rotatable bonds is 8. The van der Waals surface area contributed by atoms with Crippen molar-refractivity contribution in [1.82, 2.24) is 0 Å². The number of hydrogen-bond donors (Lipinski definition) is 1. The molecule has 1 N–H and O–H groups in total. The monoisotopic (exact) mass is 247 g/mol. The van der Waals surface area contributed by atoms with E-state index in [9.17, 15) is 17.2 Å². The highest BCUT2D eigenvalue weighted by atomic mass is 32.3. The molecule has 14 heavy (non-hydrogen) atoms. The average Bonchev–Trinajstić information content (AvgIpc) is 2.00. The molecule has 0 saturated heterocycles. The zero-order valence-electron chi connectivity index (χ0n) is 7.25. The molecule has 0 fully saturated rings. The zero-order valence-corrected chi connectivity index (χ0v) is 8.88. The fourth-order valence-corrected chi connectivity index (χ4v) is 1.25. The molecule has 0 rings (SSSR count). The van der Waals surface area contributed by atoms with E-state index in [2.05, 4.69) is 8.37 Å². The number of hydrogen-bond acceptors (Lipinski definition) is 6. The molecule has 0 aliphatic heterocycles. The van der Waals surface area contributed by atoms with Gasteiger partial charge in [-0.05, 0) is 19.3 Å². The van der Waals surface area contributed by atoms with Gasteiger partial charge in [0, 0.05) is 0 Å². The van der Waals surface area contributed by atoms with Crippen LogP contribution in [0.1, 0.15) is 19.3 Å². The third-order valence-corrected chi connectivity index (χ3v) is 2.02. The predicted octanol–water partition coefficient (Wildman–Crippen LogP) is -0.213. The van der Waals surface area contributed by atoms with Gasteiger partial charge in [-0.3, -0.25) is 4.55 Å². The Bertz CT molecular complexity index is 259. The highest BCUT2D eigenvalue weighted by Gasteiger charge is 2.02. The average molecular weight is 247 g/mol. The van der Waals surface area contributed by atoms with Crippen LogP contribution in [0.5, 0.6) is 0 Å². The van der Waals surface area contributed by atoms with Gasteiger partial charge >= 0.3 is 10.4 Å². The first-order valence-corrected chi connectivity index (χ1v) is 6.13. The molecule has 0 aliphatic rings. The Morgan fingerprint density at radius 1 is 1.21 bits per heavy atom. The molecule has 0 amide bonds. The minimum absolute atomic E-state index is 0.0575. The molecule has 9 heteroatoms. The van der Waals surface area contributed by atoms with E-state index in [1.807, 2.05) is 0 Å². The third kappa shape index (κ3) is 11.9. The Hall–Kier alpha value is -0.0600. The largest absolute Gasteiger partial charge is 0.750 e. The summed E-state index contributed by atoms with van der Waals surface area (Å²) in [6.07, 6.45) is 1.42. The fourth-order valence-electron chi connectivity index (χ4n) is 0.672. The van der Waals surface area contributed by atoms with E-state index in [0.717, 1.165) is 0 Å². The molecule has 0 aromatic rings. The van der Waals surface area contributed by atoms with Crippen LogP contribution in [-0.4, -0.2) is 34.9 Å². The van der Waals surface area contributed by atoms with Gasteiger partial charge in [-0.1, -0.05) is 0 Å². The van der Waals surface area contributed by atoms with Gasteiger partial charge in [-0.2, -0.15) is 8.42 Å². The van der Waals surface area contributed by atoms with Gasteiger partial charge < -0.3 is 8.74 Å². The SMILES string of the molecule is O=S([O-])OCCCCCOS(=O)(=O)O. The Balaban J connectivity index is 3.19. The Morgan fingerprint density at radius 3 is 2.29 bits per heavy atom. The Kier molecular flexibility index (Phi) is 7.23. The highest BCUT2D eigenvalue weighted by Crippen LogP contribution is 1.98. The summed E-state index contributed by atoms with van der Waals surface area (Å²) in [6.45, 7) is -0.0682. The maximum atomic E-state index is 10.0. The number of unbranched alkanes of at least 4 members (excludes halogenated alkanes) is 2. The second-order valence-corrected chi connectivity index (χ2v) is 4.07. The summed E-state index contributed by atoms with van der Waals surface area (Å²) in [5.41, 5.74) is 0. The smallest absolute Gasteiger partial charge is 0.397 e. The minimum atomic E-state index is -4.36. The fraction of sp³-hybridized carbons (Fsp3) is 1.00. The molecular weight excluding hydrogens is 236 g/mol.